The van der Waals surface area contributed by atoms with E-state index in [1.807, 2.05) is 31.2 Å². The summed E-state index contributed by atoms with van der Waals surface area (Å²) in [6.45, 7) is 2.03. The van der Waals surface area contributed by atoms with Crippen LogP contribution in [0.1, 0.15) is 36.5 Å². The second-order valence-corrected chi connectivity index (χ2v) is 4.48. The molecule has 0 spiro atoms. The third-order valence-corrected chi connectivity index (χ3v) is 3.18. The maximum Gasteiger partial charge on any atom is 0.194 e. The zero-order valence-corrected chi connectivity index (χ0v) is 9.44. The first-order chi connectivity index (χ1) is 7.62. The van der Waals surface area contributed by atoms with Gasteiger partial charge in [0.2, 0.25) is 0 Å². The number of hydrogen-bond acceptors (Lipinski definition) is 2. The van der Waals surface area contributed by atoms with Crippen LogP contribution in [0.2, 0.25) is 0 Å². The van der Waals surface area contributed by atoms with Gasteiger partial charge < -0.3 is 5.11 Å². The van der Waals surface area contributed by atoms with Crippen molar-refractivity contribution >= 4 is 5.78 Å². The number of benzene rings is 1. The zero-order chi connectivity index (χ0) is 11.6. The van der Waals surface area contributed by atoms with E-state index in [9.17, 15) is 9.90 Å². The maximum absolute atomic E-state index is 12.1. The summed E-state index contributed by atoms with van der Waals surface area (Å²) in [5.41, 5.74) is 0.657. The molecule has 16 heavy (non-hydrogen) atoms. The van der Waals surface area contributed by atoms with E-state index in [2.05, 4.69) is 0 Å². The molecule has 1 atom stereocenters. The summed E-state index contributed by atoms with van der Waals surface area (Å²) in [6.07, 6.45) is 3.73. The molecule has 0 bridgehead atoms. The second-order valence-electron chi connectivity index (χ2n) is 4.48. The van der Waals surface area contributed by atoms with Crippen LogP contribution in [0.5, 0.6) is 0 Å². The summed E-state index contributed by atoms with van der Waals surface area (Å²) in [5, 5.41) is 10.3. The van der Waals surface area contributed by atoms with Gasteiger partial charge in [-0.3, -0.25) is 4.79 Å². The average Bonchev–Trinajstić information content (AvgIpc) is 2.33. The van der Waals surface area contributed by atoms with Crippen molar-refractivity contribution in [2.75, 3.05) is 0 Å². The fraction of sp³-hybridized carbons (Fsp3) is 0.357. The number of ketones is 1. The molecule has 0 fully saturated rings. The van der Waals surface area contributed by atoms with Crippen LogP contribution in [0, 0.1) is 0 Å². The predicted octanol–water partition coefficient (Wildman–Crippen LogP) is 2.73. The van der Waals surface area contributed by atoms with Crippen LogP contribution >= 0.6 is 0 Å². The summed E-state index contributed by atoms with van der Waals surface area (Å²) >= 11 is 0. The molecule has 1 aliphatic rings. The molecule has 84 valence electrons. The molecule has 0 radical (unpaired) electrons. The lowest BCUT2D eigenvalue weighted by molar-refractivity contribution is 0.0265. The molecule has 1 unspecified atom stereocenters. The second kappa shape index (κ2) is 4.22. The maximum atomic E-state index is 12.1. The molecule has 0 heterocycles. The van der Waals surface area contributed by atoms with Gasteiger partial charge in [-0.2, -0.15) is 0 Å². The van der Waals surface area contributed by atoms with Crippen molar-refractivity contribution in [3.63, 3.8) is 0 Å². The Bertz CT molecular complexity index is 420. The van der Waals surface area contributed by atoms with Crippen molar-refractivity contribution in [1.82, 2.24) is 0 Å². The first kappa shape index (κ1) is 11.1. The molecule has 2 heteroatoms. The number of rotatable bonds is 2. The van der Waals surface area contributed by atoms with Gasteiger partial charge in [0.05, 0.1) is 0 Å². The van der Waals surface area contributed by atoms with E-state index < -0.39 is 5.60 Å². The van der Waals surface area contributed by atoms with E-state index in [4.69, 9.17) is 0 Å². The number of allylic oxidation sites excluding steroid dienone is 1. The molecule has 1 N–H and O–H groups in total. The minimum absolute atomic E-state index is 0.156. The van der Waals surface area contributed by atoms with Crippen molar-refractivity contribution in [2.24, 2.45) is 0 Å². The third-order valence-electron chi connectivity index (χ3n) is 3.18. The summed E-state index contributed by atoms with van der Waals surface area (Å²) in [6, 6.07) is 9.02. The Kier molecular flexibility index (Phi) is 2.92. The van der Waals surface area contributed by atoms with Gasteiger partial charge in [0.25, 0.3) is 0 Å². The van der Waals surface area contributed by atoms with Gasteiger partial charge in [-0.1, -0.05) is 42.0 Å². The van der Waals surface area contributed by atoms with Crippen LogP contribution in [0.3, 0.4) is 0 Å². The number of aliphatic hydroxyl groups is 1. The van der Waals surface area contributed by atoms with E-state index in [-0.39, 0.29) is 5.78 Å². The van der Waals surface area contributed by atoms with Gasteiger partial charge >= 0.3 is 0 Å². The predicted molar refractivity (Wildman–Crippen MR) is 63.3 cm³/mol. The fourth-order valence-electron chi connectivity index (χ4n) is 2.02. The molecule has 1 aromatic carbocycles. The van der Waals surface area contributed by atoms with Crippen molar-refractivity contribution < 1.29 is 9.90 Å². The van der Waals surface area contributed by atoms with Crippen molar-refractivity contribution in [3.8, 4) is 0 Å². The van der Waals surface area contributed by atoms with Gasteiger partial charge in [-0.05, 0) is 19.8 Å². The molecular weight excluding hydrogens is 200 g/mol. The molecular formula is C14H16O2. The largest absolute Gasteiger partial charge is 0.381 e. The lowest BCUT2D eigenvalue weighted by atomic mass is 9.80. The van der Waals surface area contributed by atoms with Gasteiger partial charge in [0.1, 0.15) is 5.60 Å². The highest BCUT2D eigenvalue weighted by Crippen LogP contribution is 2.30. The standard InChI is InChI=1S/C14H16O2/c1-11-7-9-14(16,10-8-11)13(15)12-5-3-2-4-6-12/h2-7,16H,8-10H2,1H3. The number of carbonyl (C=O) groups is 1. The first-order valence-corrected chi connectivity index (χ1v) is 5.60. The van der Waals surface area contributed by atoms with E-state index in [0.717, 1.165) is 6.42 Å². The first-order valence-electron chi connectivity index (χ1n) is 5.60. The summed E-state index contributed by atoms with van der Waals surface area (Å²) in [5.74, 6) is -0.156. The van der Waals surface area contributed by atoms with Crippen molar-refractivity contribution in [2.45, 2.75) is 31.8 Å². The summed E-state index contributed by atoms with van der Waals surface area (Å²) < 4.78 is 0. The van der Waals surface area contributed by atoms with Crippen LogP contribution in [-0.4, -0.2) is 16.5 Å². The molecule has 2 rings (SSSR count). The number of carbonyl (C=O) groups excluding carboxylic acids is 1. The Morgan fingerprint density at radius 3 is 2.56 bits per heavy atom. The monoisotopic (exact) mass is 216 g/mol. The molecule has 0 amide bonds. The zero-order valence-electron chi connectivity index (χ0n) is 9.44. The van der Waals surface area contributed by atoms with Crippen molar-refractivity contribution in [3.05, 3.63) is 47.5 Å². The molecule has 2 nitrogen and oxygen atoms in total. The van der Waals surface area contributed by atoms with E-state index in [1.165, 1.54) is 5.57 Å². The van der Waals surface area contributed by atoms with E-state index in [1.54, 1.807) is 12.1 Å². The quantitative estimate of drug-likeness (QED) is 0.609. The molecule has 0 saturated carbocycles. The van der Waals surface area contributed by atoms with E-state index in [0.29, 0.717) is 18.4 Å². The molecule has 0 aromatic heterocycles. The Hall–Kier alpha value is -1.41. The van der Waals surface area contributed by atoms with Crippen molar-refractivity contribution in [1.29, 1.82) is 0 Å². The Balaban J connectivity index is 2.23. The molecule has 0 saturated heterocycles. The summed E-state index contributed by atoms with van der Waals surface area (Å²) in [4.78, 5) is 12.1. The Morgan fingerprint density at radius 2 is 2.00 bits per heavy atom. The minimum atomic E-state index is -1.19. The van der Waals surface area contributed by atoms with Crippen LogP contribution in [-0.2, 0) is 0 Å². The van der Waals surface area contributed by atoms with E-state index >= 15 is 0 Å². The topological polar surface area (TPSA) is 37.3 Å². The van der Waals surface area contributed by atoms with Crippen LogP contribution in [0.4, 0.5) is 0 Å². The Morgan fingerprint density at radius 1 is 1.31 bits per heavy atom. The van der Waals surface area contributed by atoms with Gasteiger partial charge in [0.15, 0.2) is 5.78 Å². The lowest BCUT2D eigenvalue weighted by Gasteiger charge is -2.29. The SMILES string of the molecule is CC1=CCC(O)(C(=O)c2ccccc2)CC1. The number of hydrogen-bond donors (Lipinski definition) is 1. The smallest absolute Gasteiger partial charge is 0.194 e. The van der Waals surface area contributed by atoms with Gasteiger partial charge in [-0.25, -0.2) is 0 Å². The Labute approximate surface area is 95.6 Å². The lowest BCUT2D eigenvalue weighted by Crippen LogP contribution is -2.39. The van der Waals surface area contributed by atoms with Crippen LogP contribution < -0.4 is 0 Å². The van der Waals surface area contributed by atoms with Gasteiger partial charge in [-0.15, -0.1) is 0 Å². The normalized spacial score (nSPS) is 25.0. The number of Topliss-reactive ketones (excluding diaryl/α,β-unsaturated/α-hetero) is 1. The minimum Gasteiger partial charge on any atom is -0.381 e. The third kappa shape index (κ3) is 2.07. The summed E-state index contributed by atoms with van der Waals surface area (Å²) in [7, 11) is 0. The van der Waals surface area contributed by atoms with Crippen LogP contribution in [0.25, 0.3) is 0 Å². The molecule has 0 aliphatic heterocycles. The fourth-order valence-corrected chi connectivity index (χ4v) is 2.02. The van der Waals surface area contributed by atoms with Gasteiger partial charge in [0, 0.05) is 12.0 Å². The van der Waals surface area contributed by atoms with Crippen LogP contribution in [0.15, 0.2) is 42.0 Å². The highest BCUT2D eigenvalue weighted by Gasteiger charge is 2.36. The highest BCUT2D eigenvalue weighted by atomic mass is 16.3. The highest BCUT2D eigenvalue weighted by molar-refractivity contribution is 6.02. The molecule has 1 aromatic rings. The average molecular weight is 216 g/mol. The molecule has 1 aliphatic carbocycles.